The third kappa shape index (κ3) is 7.28. The van der Waals surface area contributed by atoms with Crippen LogP contribution in [0.25, 0.3) is 101 Å². The second-order valence-corrected chi connectivity index (χ2v) is 22.3. The van der Waals surface area contributed by atoms with Crippen LogP contribution in [0, 0.1) is 0 Å². The second-order valence-electron chi connectivity index (χ2n) is 18.6. The molecule has 4 heterocycles. The highest BCUT2D eigenvalue weighted by Crippen LogP contribution is 2.36. The number of rotatable bonds is 10. The van der Waals surface area contributed by atoms with E-state index in [9.17, 15) is 0 Å². The molecule has 352 valence electrons. The van der Waals surface area contributed by atoms with Crippen molar-refractivity contribution in [3.05, 3.63) is 267 Å². The lowest BCUT2D eigenvalue weighted by molar-refractivity contribution is 0.953. The summed E-state index contributed by atoms with van der Waals surface area (Å²) in [5.74, 6) is 3.51. The Bertz CT molecular complexity index is 3990. The smallest absolute Gasteiger partial charge is 0.238 e. The molecule has 0 fully saturated rings. The van der Waals surface area contributed by atoms with E-state index in [-0.39, 0.29) is 0 Å². The predicted octanol–water partition coefficient (Wildman–Crippen LogP) is 12.3. The van der Waals surface area contributed by atoms with Crippen LogP contribution in [-0.4, -0.2) is 47.1 Å². The van der Waals surface area contributed by atoms with Gasteiger partial charge in [-0.15, -0.1) is 0 Å². The summed E-state index contributed by atoms with van der Waals surface area (Å²) >= 11 is 0. The maximum atomic E-state index is 5.33. The molecule has 8 nitrogen and oxygen atoms in total. The molecule has 75 heavy (non-hydrogen) atoms. The van der Waals surface area contributed by atoms with Crippen LogP contribution >= 0.6 is 0 Å². The fourth-order valence-corrected chi connectivity index (χ4v) is 16.4. The topological polar surface area (TPSA) is 87.2 Å². The van der Waals surface area contributed by atoms with E-state index in [1.807, 2.05) is 72.8 Å². The molecule has 0 aliphatic heterocycles. The summed E-state index contributed by atoms with van der Waals surface area (Å²) in [6.07, 6.45) is 0. The normalized spacial score (nSPS) is 11.7. The average Bonchev–Trinajstić information content (AvgIpc) is 4.05. The van der Waals surface area contributed by atoms with Crippen LogP contribution in [-0.2, 0) is 0 Å². The van der Waals surface area contributed by atoms with Gasteiger partial charge < -0.3 is 0 Å². The van der Waals surface area contributed by atoms with E-state index >= 15 is 0 Å². The standard InChI is InChI=1S/C66H44N8Si/c1-7-25-45(26-8-1)61-67-62(46-27-9-2-10-28-46)70-65(69-61)73-53-39-21-19-37-51(53)59-55(73)41-23-43-57(59)75(49-33-15-5-16-34-49,50-35-17-6-18-36-50)58-44-24-42-56-60(58)52-38-20-22-40-54(52)74(56)66-71-63(47-29-11-3-12-30-47)68-64(72-66)48-31-13-4-14-32-48/h1-44H. The zero-order chi connectivity index (χ0) is 49.7. The Balaban J connectivity index is 1.10. The van der Waals surface area contributed by atoms with Gasteiger partial charge in [0.05, 0.1) is 22.1 Å². The van der Waals surface area contributed by atoms with E-state index in [1.54, 1.807) is 0 Å². The first-order chi connectivity index (χ1) is 37.2. The van der Waals surface area contributed by atoms with Gasteiger partial charge in [0.25, 0.3) is 0 Å². The summed E-state index contributed by atoms with van der Waals surface area (Å²) in [5, 5.41) is 9.50. The van der Waals surface area contributed by atoms with Crippen LogP contribution in [0.2, 0.25) is 0 Å². The summed E-state index contributed by atoms with van der Waals surface area (Å²) in [5.41, 5.74) is 7.66. The largest absolute Gasteiger partial charge is 0.278 e. The van der Waals surface area contributed by atoms with Gasteiger partial charge in [0.1, 0.15) is 0 Å². The lowest BCUT2D eigenvalue weighted by Gasteiger charge is -2.35. The predicted molar refractivity (Wildman–Crippen MR) is 307 cm³/mol. The minimum absolute atomic E-state index is 0.546. The van der Waals surface area contributed by atoms with E-state index < -0.39 is 8.07 Å². The zero-order valence-electron chi connectivity index (χ0n) is 40.5. The Morgan fingerprint density at radius 1 is 0.240 bits per heavy atom. The first kappa shape index (κ1) is 43.8. The van der Waals surface area contributed by atoms with Gasteiger partial charge in [0.2, 0.25) is 11.9 Å². The van der Waals surface area contributed by atoms with Gasteiger partial charge in [-0.25, -0.2) is 9.97 Å². The molecule has 14 aromatic rings. The summed E-state index contributed by atoms with van der Waals surface area (Å²) in [6, 6.07) is 94.1. The highest BCUT2D eigenvalue weighted by Gasteiger charge is 2.45. The number of hydrogen-bond donors (Lipinski definition) is 0. The number of aromatic nitrogens is 8. The highest BCUT2D eigenvalue weighted by molar-refractivity contribution is 7.21. The Hall–Kier alpha value is -9.96. The fourth-order valence-electron chi connectivity index (χ4n) is 11.2. The van der Waals surface area contributed by atoms with Gasteiger partial charge in [-0.2, -0.15) is 19.9 Å². The zero-order valence-corrected chi connectivity index (χ0v) is 41.5. The molecule has 4 aromatic heterocycles. The van der Waals surface area contributed by atoms with E-state index in [2.05, 4.69) is 203 Å². The van der Waals surface area contributed by atoms with E-state index in [0.717, 1.165) is 65.9 Å². The van der Waals surface area contributed by atoms with Gasteiger partial charge in [0, 0.05) is 43.8 Å². The van der Waals surface area contributed by atoms with E-state index in [0.29, 0.717) is 35.2 Å². The van der Waals surface area contributed by atoms with Crippen LogP contribution in [0.1, 0.15) is 0 Å². The molecule has 0 aliphatic rings. The molecule has 10 aromatic carbocycles. The lowest BCUT2D eigenvalue weighted by atomic mass is 10.1. The molecule has 0 N–H and O–H groups in total. The average molecular weight is 977 g/mol. The monoisotopic (exact) mass is 976 g/mol. The number of para-hydroxylation sites is 2. The maximum Gasteiger partial charge on any atom is 0.238 e. The lowest BCUT2D eigenvalue weighted by Crippen LogP contribution is -2.75. The molecule has 14 rings (SSSR count). The first-order valence-corrected chi connectivity index (χ1v) is 27.1. The van der Waals surface area contributed by atoms with Gasteiger partial charge in [0.15, 0.2) is 31.4 Å². The van der Waals surface area contributed by atoms with Crippen molar-refractivity contribution in [2.45, 2.75) is 0 Å². The fraction of sp³-hybridized carbons (Fsp3) is 0. The third-order valence-electron chi connectivity index (χ3n) is 14.4. The number of benzene rings is 10. The van der Waals surface area contributed by atoms with Crippen molar-refractivity contribution in [1.82, 2.24) is 39.0 Å². The van der Waals surface area contributed by atoms with Gasteiger partial charge in [-0.05, 0) is 45.0 Å². The van der Waals surface area contributed by atoms with Crippen molar-refractivity contribution >= 4 is 72.4 Å². The summed E-state index contributed by atoms with van der Waals surface area (Å²) in [7, 11) is -3.43. The number of hydrogen-bond acceptors (Lipinski definition) is 6. The van der Waals surface area contributed by atoms with Crippen LogP contribution < -0.4 is 20.7 Å². The highest BCUT2D eigenvalue weighted by atomic mass is 28.3. The van der Waals surface area contributed by atoms with Gasteiger partial charge in [-0.1, -0.05) is 243 Å². The first-order valence-electron chi connectivity index (χ1n) is 25.1. The number of nitrogens with zero attached hydrogens (tertiary/aromatic N) is 8. The number of fused-ring (bicyclic) bond motifs is 6. The van der Waals surface area contributed by atoms with Crippen LogP contribution in [0.4, 0.5) is 0 Å². The quantitative estimate of drug-likeness (QED) is 0.100. The second kappa shape index (κ2) is 18.3. The molecular formula is C66H44N8Si. The van der Waals surface area contributed by atoms with Crippen molar-refractivity contribution in [1.29, 1.82) is 0 Å². The van der Waals surface area contributed by atoms with E-state index in [4.69, 9.17) is 29.9 Å². The summed E-state index contributed by atoms with van der Waals surface area (Å²) < 4.78 is 4.48. The van der Waals surface area contributed by atoms with Gasteiger partial charge >= 0.3 is 0 Å². The molecule has 0 unspecified atom stereocenters. The SMILES string of the molecule is c1ccc(-c2nc(-c3ccccc3)nc(-n3c4ccccc4c4c([Si](c5ccccc5)(c5ccccc5)c5cccc6c5c5ccccc5n6-c5nc(-c6ccccc6)nc(-c6ccccc6)n5)cccc43)n2)cc1. The molecule has 0 amide bonds. The maximum absolute atomic E-state index is 5.33. The third-order valence-corrected chi connectivity index (χ3v) is 19.2. The van der Waals surface area contributed by atoms with Crippen molar-refractivity contribution < 1.29 is 0 Å². The molecule has 0 spiro atoms. The molecule has 0 saturated heterocycles. The van der Waals surface area contributed by atoms with Crippen molar-refractivity contribution in [3.63, 3.8) is 0 Å². The Morgan fingerprint density at radius 3 is 0.853 bits per heavy atom. The molecule has 0 atom stereocenters. The molecule has 0 bridgehead atoms. The van der Waals surface area contributed by atoms with Crippen LogP contribution in [0.5, 0.6) is 0 Å². The Labute approximate surface area is 433 Å². The molecule has 0 aliphatic carbocycles. The molecule has 9 heteroatoms. The minimum atomic E-state index is -3.43. The van der Waals surface area contributed by atoms with Crippen LogP contribution in [0.3, 0.4) is 0 Å². The van der Waals surface area contributed by atoms with Crippen LogP contribution in [0.15, 0.2) is 267 Å². The Morgan fingerprint density at radius 2 is 0.520 bits per heavy atom. The molecule has 0 saturated carbocycles. The molecular weight excluding hydrogens is 933 g/mol. The summed E-state index contributed by atoms with van der Waals surface area (Å²) in [4.78, 5) is 31.5. The Kier molecular flexibility index (Phi) is 10.7. The van der Waals surface area contributed by atoms with Crippen molar-refractivity contribution in [2.75, 3.05) is 0 Å². The summed E-state index contributed by atoms with van der Waals surface area (Å²) in [6.45, 7) is 0. The van der Waals surface area contributed by atoms with Gasteiger partial charge in [-0.3, -0.25) is 9.13 Å². The minimum Gasteiger partial charge on any atom is -0.278 e. The van der Waals surface area contributed by atoms with E-state index in [1.165, 1.54) is 20.7 Å². The van der Waals surface area contributed by atoms with Crippen molar-refractivity contribution in [2.24, 2.45) is 0 Å². The van der Waals surface area contributed by atoms with Crippen molar-refractivity contribution in [3.8, 4) is 57.4 Å². The molecule has 0 radical (unpaired) electrons.